The average Bonchev–Trinajstić information content (AvgIpc) is 3.46. The zero-order chi connectivity index (χ0) is 41.9. The molecule has 0 saturated heterocycles. The number of allylic oxidation sites excluding steroid dienone is 4. The minimum Gasteiger partial charge on any atom is -0.393 e. The van der Waals surface area contributed by atoms with Crippen LogP contribution >= 0.6 is 0 Å². The van der Waals surface area contributed by atoms with E-state index in [0.29, 0.717) is 51.0 Å². The summed E-state index contributed by atoms with van der Waals surface area (Å²) in [6.07, 6.45) is 13.0. The molecule has 60 heavy (non-hydrogen) atoms. The molecular weight excluding hydrogens is 764 g/mol. The predicted octanol–water partition coefficient (Wildman–Crippen LogP) is 9.58. The van der Waals surface area contributed by atoms with Gasteiger partial charge in [-0.3, -0.25) is 9.69 Å². The third kappa shape index (κ3) is 6.39. The summed E-state index contributed by atoms with van der Waals surface area (Å²) in [5.74, 6) is 1.82. The first kappa shape index (κ1) is 41.2. The molecule has 6 bridgehead atoms. The Hall–Kier alpha value is -2.82. The number of ether oxygens (including phenoxy) is 1. The molecule has 7 saturated carbocycles. The number of hydrogen-bond acceptors (Lipinski definition) is 6. The van der Waals surface area contributed by atoms with Crippen LogP contribution in [0.2, 0.25) is 0 Å². The van der Waals surface area contributed by atoms with E-state index in [1.54, 1.807) is 0 Å². The highest BCUT2D eigenvalue weighted by atomic mass is 19.4. The number of carbonyl (C=O) groups excluding carboxylic acids is 1. The standard InChI is InChI=1S/C51H64F3NO5/c1-45-14-11-39(56)26-48(45)17-18-50(41(27-48)44(58)37-9-6-10-38(22-37)51(52,53)54)42(45)12-15-46(2)43(50)13-16-49(46,59)32-55(28-40(57)30-60-29-33-7-4-3-5-8-33)31-47-23-34-19-35(24-47)21-36(20-34)25-47/h3-10,17-18,22,27,34-36,39-40,42-43,56-57,59H,11-16,19-21,23-26,28-32H2,1-2H3/t34?,35?,36?,39?,40-,42-,43-,45-,46+,47?,48+,49-,50-/m1/s1. The van der Waals surface area contributed by atoms with Crippen LogP contribution in [0.1, 0.15) is 119 Å². The van der Waals surface area contributed by atoms with Crippen LogP contribution in [0.15, 0.2) is 78.4 Å². The summed E-state index contributed by atoms with van der Waals surface area (Å²) in [5.41, 5.74) is -2.38. The van der Waals surface area contributed by atoms with E-state index in [0.717, 1.165) is 61.3 Å². The number of hydrogen-bond donors (Lipinski definition) is 3. The Labute approximate surface area is 353 Å². The zero-order valence-corrected chi connectivity index (χ0v) is 35.4. The SMILES string of the molecule is C[C@]12CC[C@H]3[C@]4(C=C[C@@]5(C=C4C(=O)c4cccc(C(F)(F)F)c4)CC(O)CC[C@]35C)[C@@H]1CC[C@@]2(O)CN(C[C@@H](O)COCc1ccccc1)CC12CC3CC(CC(C3)C1)C2. The van der Waals surface area contributed by atoms with Crippen molar-refractivity contribution in [3.8, 4) is 0 Å². The molecule has 2 aromatic carbocycles. The van der Waals surface area contributed by atoms with Crippen LogP contribution in [0.3, 0.4) is 0 Å². The van der Waals surface area contributed by atoms with Gasteiger partial charge in [0.05, 0.1) is 36.6 Å². The van der Waals surface area contributed by atoms with E-state index >= 15 is 4.79 Å². The molecule has 3 N–H and O–H groups in total. The fourth-order valence-electron chi connectivity index (χ4n) is 16.3. The number of ketones is 1. The molecule has 0 amide bonds. The zero-order valence-electron chi connectivity index (χ0n) is 35.4. The lowest BCUT2D eigenvalue weighted by molar-refractivity contribution is -0.179. The van der Waals surface area contributed by atoms with E-state index in [-0.39, 0.29) is 40.6 Å². The van der Waals surface area contributed by atoms with Crippen molar-refractivity contribution in [2.75, 3.05) is 26.2 Å². The van der Waals surface area contributed by atoms with Gasteiger partial charge in [-0.25, -0.2) is 0 Å². The van der Waals surface area contributed by atoms with Crippen LogP contribution in [0.25, 0.3) is 0 Å². The summed E-state index contributed by atoms with van der Waals surface area (Å²) < 4.78 is 48.2. The van der Waals surface area contributed by atoms with Crippen molar-refractivity contribution in [3.63, 3.8) is 0 Å². The summed E-state index contributed by atoms with van der Waals surface area (Å²) in [6, 6.07) is 14.8. The van der Waals surface area contributed by atoms with Gasteiger partial charge in [-0.1, -0.05) is 74.5 Å². The number of rotatable bonds is 12. The van der Waals surface area contributed by atoms with Crippen molar-refractivity contribution in [3.05, 3.63) is 95.1 Å². The Morgan fingerprint density at radius 2 is 1.52 bits per heavy atom. The second kappa shape index (κ2) is 14.4. The van der Waals surface area contributed by atoms with Crippen molar-refractivity contribution in [2.24, 2.45) is 56.7 Å². The smallest absolute Gasteiger partial charge is 0.393 e. The molecule has 324 valence electrons. The molecule has 2 spiro atoms. The van der Waals surface area contributed by atoms with Crippen LogP contribution < -0.4 is 0 Å². The van der Waals surface area contributed by atoms with Gasteiger partial charge in [-0.15, -0.1) is 0 Å². The van der Waals surface area contributed by atoms with Crippen molar-refractivity contribution < 1.29 is 38.0 Å². The number of Topliss-reactive ketones (excluding diaryl/α,β-unsaturated/α-hetero) is 1. The minimum absolute atomic E-state index is 0.0318. The van der Waals surface area contributed by atoms with Crippen LogP contribution in [0.5, 0.6) is 0 Å². The molecule has 0 heterocycles. The molecule has 0 radical (unpaired) electrons. The van der Waals surface area contributed by atoms with E-state index in [1.807, 2.05) is 30.3 Å². The van der Waals surface area contributed by atoms with Gasteiger partial charge in [0.1, 0.15) is 0 Å². The number of nitrogens with zero attached hydrogens (tertiary/aromatic N) is 1. The first-order valence-electron chi connectivity index (χ1n) is 23.1. The van der Waals surface area contributed by atoms with E-state index in [2.05, 4.69) is 37.0 Å². The van der Waals surface area contributed by atoms with Gasteiger partial charge >= 0.3 is 6.18 Å². The molecular formula is C51H64F3NO5. The Morgan fingerprint density at radius 1 is 0.850 bits per heavy atom. The monoisotopic (exact) mass is 827 g/mol. The Balaban J connectivity index is 0.985. The van der Waals surface area contributed by atoms with Crippen molar-refractivity contribution >= 4 is 5.78 Å². The Bertz CT molecular complexity index is 2010. The number of aliphatic hydroxyl groups excluding tert-OH is 2. The number of alkyl halides is 3. The van der Waals surface area contributed by atoms with Gasteiger partial charge < -0.3 is 20.1 Å². The first-order chi connectivity index (χ1) is 28.5. The molecule has 6 nitrogen and oxygen atoms in total. The van der Waals surface area contributed by atoms with Crippen LogP contribution in [-0.4, -0.2) is 70.1 Å². The molecule has 2 aromatic rings. The first-order valence-corrected chi connectivity index (χ1v) is 23.1. The summed E-state index contributed by atoms with van der Waals surface area (Å²) in [6.45, 7) is 6.81. The Kier molecular flexibility index (Phi) is 9.86. The number of fused-ring (bicyclic) bond motifs is 1. The predicted molar refractivity (Wildman–Crippen MR) is 223 cm³/mol. The second-order valence-corrected chi connectivity index (χ2v) is 22.0. The van der Waals surface area contributed by atoms with E-state index < -0.39 is 45.8 Å². The highest BCUT2D eigenvalue weighted by molar-refractivity contribution is 6.10. The minimum atomic E-state index is -4.59. The lowest BCUT2D eigenvalue weighted by Gasteiger charge is -2.71. The molecule has 9 heteroatoms. The maximum absolute atomic E-state index is 15.0. The molecule has 1 unspecified atom stereocenters. The average molecular weight is 828 g/mol. The van der Waals surface area contributed by atoms with Gasteiger partial charge in [0.2, 0.25) is 0 Å². The van der Waals surface area contributed by atoms with Crippen LogP contribution in [-0.2, 0) is 17.5 Å². The number of halogens is 3. The number of aliphatic hydroxyl groups is 3. The number of benzene rings is 2. The molecule has 12 rings (SSSR count). The summed E-state index contributed by atoms with van der Waals surface area (Å²) >= 11 is 0. The third-order valence-corrected chi connectivity index (χ3v) is 18.5. The molecule has 0 aliphatic heterocycles. The molecule has 10 aliphatic rings. The normalized spacial score (nSPS) is 42.8. The third-order valence-electron chi connectivity index (χ3n) is 18.5. The lowest BCUT2D eigenvalue weighted by atomic mass is 9.32. The fourth-order valence-corrected chi connectivity index (χ4v) is 16.3. The van der Waals surface area contributed by atoms with Gasteiger partial charge in [-0.05, 0) is 142 Å². The lowest BCUT2D eigenvalue weighted by Crippen LogP contribution is -2.67. The Morgan fingerprint density at radius 3 is 2.22 bits per heavy atom. The largest absolute Gasteiger partial charge is 0.416 e. The number of carbonyl (C=O) groups is 1. The maximum Gasteiger partial charge on any atom is 0.416 e. The van der Waals surface area contributed by atoms with Crippen molar-refractivity contribution in [1.29, 1.82) is 0 Å². The van der Waals surface area contributed by atoms with E-state index in [4.69, 9.17) is 4.74 Å². The molecule has 10 aliphatic carbocycles. The highest BCUT2D eigenvalue weighted by Gasteiger charge is 2.74. The molecule has 7 fully saturated rings. The van der Waals surface area contributed by atoms with Crippen molar-refractivity contribution in [2.45, 2.75) is 128 Å². The molecule has 9 atom stereocenters. The maximum atomic E-state index is 15.0. The van der Waals surface area contributed by atoms with Gasteiger partial charge in [-0.2, -0.15) is 13.2 Å². The van der Waals surface area contributed by atoms with Gasteiger partial charge in [0.15, 0.2) is 5.78 Å². The van der Waals surface area contributed by atoms with Gasteiger partial charge in [0.25, 0.3) is 0 Å². The topological polar surface area (TPSA) is 90.2 Å². The quantitative estimate of drug-likeness (QED) is 0.146. The van der Waals surface area contributed by atoms with Crippen molar-refractivity contribution in [1.82, 2.24) is 4.90 Å². The van der Waals surface area contributed by atoms with E-state index in [9.17, 15) is 28.5 Å². The molecule has 0 aromatic heterocycles. The van der Waals surface area contributed by atoms with E-state index in [1.165, 1.54) is 50.7 Å². The summed E-state index contributed by atoms with van der Waals surface area (Å²) in [4.78, 5) is 17.4. The van der Waals surface area contributed by atoms with Crippen LogP contribution in [0.4, 0.5) is 13.2 Å². The van der Waals surface area contributed by atoms with Crippen LogP contribution in [0, 0.1) is 56.7 Å². The second-order valence-electron chi connectivity index (χ2n) is 22.0. The van der Waals surface area contributed by atoms with Gasteiger partial charge in [0, 0.05) is 47.0 Å². The highest BCUT2D eigenvalue weighted by Crippen LogP contribution is 2.78. The summed E-state index contributed by atoms with van der Waals surface area (Å²) in [7, 11) is 0. The fraction of sp³-hybridized carbons (Fsp3) is 0.667. The summed E-state index contributed by atoms with van der Waals surface area (Å²) in [5, 5.41) is 36.2.